The smallest absolute Gasteiger partial charge is 0.237 e. The van der Waals surface area contributed by atoms with Crippen molar-refractivity contribution < 1.29 is 4.79 Å². The topological polar surface area (TPSA) is 69.8 Å². The second-order valence-corrected chi connectivity index (χ2v) is 3.88. The predicted molar refractivity (Wildman–Crippen MR) is 56.3 cm³/mol. The van der Waals surface area contributed by atoms with Crippen LogP contribution in [-0.4, -0.2) is 28.5 Å². The van der Waals surface area contributed by atoms with Crippen LogP contribution in [0.3, 0.4) is 0 Å². The van der Waals surface area contributed by atoms with E-state index in [2.05, 4.69) is 20.6 Å². The van der Waals surface area contributed by atoms with Gasteiger partial charge in [-0.15, -0.1) is 0 Å². The highest BCUT2D eigenvalue weighted by atomic mass is 16.2. The van der Waals surface area contributed by atoms with Crippen LogP contribution in [0, 0.1) is 6.92 Å². The number of imidazole rings is 1. The van der Waals surface area contributed by atoms with E-state index in [1.807, 2.05) is 13.8 Å². The number of rotatable bonds is 2. The molecular formula is C10H16N4O. The zero-order valence-electron chi connectivity index (χ0n) is 9.00. The third-order valence-electron chi connectivity index (χ3n) is 2.66. The highest BCUT2D eigenvalue weighted by Gasteiger charge is 2.28. The summed E-state index contributed by atoms with van der Waals surface area (Å²) in [5.74, 6) is 0.975. The molecule has 1 saturated heterocycles. The minimum Gasteiger partial charge on any atom is -0.353 e. The monoisotopic (exact) mass is 208 g/mol. The number of aromatic nitrogens is 2. The SMILES string of the molecule is CCC1NC(c2ncc(C)[nH]2)CNC1=O. The lowest BCUT2D eigenvalue weighted by Gasteiger charge is -2.29. The second kappa shape index (κ2) is 4.02. The number of H-pyrrole nitrogens is 1. The maximum absolute atomic E-state index is 11.4. The zero-order chi connectivity index (χ0) is 10.8. The minimum absolute atomic E-state index is 0.0806. The Bertz CT molecular complexity index is 360. The first kappa shape index (κ1) is 10.2. The molecule has 1 fully saturated rings. The van der Waals surface area contributed by atoms with Gasteiger partial charge in [0.2, 0.25) is 5.91 Å². The summed E-state index contributed by atoms with van der Waals surface area (Å²) in [5.41, 5.74) is 1.04. The normalized spacial score (nSPS) is 26.4. The van der Waals surface area contributed by atoms with E-state index in [4.69, 9.17) is 0 Å². The molecule has 5 nitrogen and oxygen atoms in total. The fourth-order valence-electron chi connectivity index (χ4n) is 1.79. The van der Waals surface area contributed by atoms with Gasteiger partial charge in [-0.25, -0.2) is 4.98 Å². The summed E-state index contributed by atoms with van der Waals surface area (Å²) in [7, 11) is 0. The number of aryl methyl sites for hydroxylation is 1. The lowest BCUT2D eigenvalue weighted by molar-refractivity contribution is -0.125. The van der Waals surface area contributed by atoms with Gasteiger partial charge >= 0.3 is 0 Å². The van der Waals surface area contributed by atoms with Crippen LogP contribution in [0.25, 0.3) is 0 Å². The van der Waals surface area contributed by atoms with Gasteiger partial charge in [-0.2, -0.15) is 0 Å². The summed E-state index contributed by atoms with van der Waals surface area (Å²) < 4.78 is 0. The fourth-order valence-corrected chi connectivity index (χ4v) is 1.79. The number of carbonyl (C=O) groups is 1. The van der Waals surface area contributed by atoms with Crippen LogP contribution in [0.4, 0.5) is 0 Å². The Kier molecular flexibility index (Phi) is 2.73. The molecule has 5 heteroatoms. The highest BCUT2D eigenvalue weighted by molar-refractivity contribution is 5.82. The molecule has 0 spiro atoms. The first-order valence-corrected chi connectivity index (χ1v) is 5.26. The van der Waals surface area contributed by atoms with Crippen molar-refractivity contribution in [2.45, 2.75) is 32.4 Å². The molecule has 15 heavy (non-hydrogen) atoms. The third kappa shape index (κ3) is 2.02. The Hall–Kier alpha value is -1.36. The van der Waals surface area contributed by atoms with E-state index in [1.54, 1.807) is 6.20 Å². The van der Waals surface area contributed by atoms with Crippen LogP contribution in [-0.2, 0) is 4.79 Å². The first-order chi connectivity index (χ1) is 7.20. The van der Waals surface area contributed by atoms with Crippen LogP contribution in [0.5, 0.6) is 0 Å². The van der Waals surface area contributed by atoms with Crippen LogP contribution >= 0.6 is 0 Å². The predicted octanol–water partition coefficient (Wildman–Crippen LogP) is 0.257. The molecule has 1 aromatic heterocycles. The third-order valence-corrected chi connectivity index (χ3v) is 2.66. The van der Waals surface area contributed by atoms with E-state index in [0.717, 1.165) is 17.9 Å². The Labute approximate surface area is 88.7 Å². The zero-order valence-corrected chi connectivity index (χ0v) is 9.00. The average Bonchev–Trinajstić information content (AvgIpc) is 2.66. The Balaban J connectivity index is 2.09. The number of carbonyl (C=O) groups excluding carboxylic acids is 1. The molecule has 0 bridgehead atoms. The quantitative estimate of drug-likeness (QED) is 0.653. The van der Waals surface area contributed by atoms with Gasteiger partial charge in [-0.1, -0.05) is 6.92 Å². The molecule has 0 radical (unpaired) electrons. The molecule has 2 rings (SSSR count). The molecule has 0 saturated carbocycles. The van der Waals surface area contributed by atoms with Crippen molar-refractivity contribution in [3.05, 3.63) is 17.7 Å². The largest absolute Gasteiger partial charge is 0.353 e. The molecule has 1 aromatic rings. The van der Waals surface area contributed by atoms with Gasteiger partial charge in [-0.3, -0.25) is 10.1 Å². The van der Waals surface area contributed by atoms with Crippen molar-refractivity contribution in [2.75, 3.05) is 6.54 Å². The second-order valence-electron chi connectivity index (χ2n) is 3.88. The summed E-state index contributed by atoms with van der Waals surface area (Å²) in [6.45, 7) is 4.56. The van der Waals surface area contributed by atoms with Crippen molar-refractivity contribution in [2.24, 2.45) is 0 Å². The fraction of sp³-hybridized carbons (Fsp3) is 0.600. The van der Waals surface area contributed by atoms with Crippen molar-refractivity contribution in [1.82, 2.24) is 20.6 Å². The van der Waals surface area contributed by atoms with Crippen molar-refractivity contribution in [3.63, 3.8) is 0 Å². The van der Waals surface area contributed by atoms with Crippen LogP contribution in [0.2, 0.25) is 0 Å². The molecule has 1 amide bonds. The van der Waals surface area contributed by atoms with Gasteiger partial charge in [0, 0.05) is 18.4 Å². The van der Waals surface area contributed by atoms with Gasteiger partial charge in [0.05, 0.1) is 12.1 Å². The first-order valence-electron chi connectivity index (χ1n) is 5.26. The summed E-state index contributed by atoms with van der Waals surface area (Å²) in [6, 6.07) is -0.00416. The summed E-state index contributed by atoms with van der Waals surface area (Å²) >= 11 is 0. The van der Waals surface area contributed by atoms with E-state index >= 15 is 0 Å². The van der Waals surface area contributed by atoms with Crippen LogP contribution < -0.4 is 10.6 Å². The maximum Gasteiger partial charge on any atom is 0.237 e. The van der Waals surface area contributed by atoms with Gasteiger partial charge < -0.3 is 10.3 Å². The van der Waals surface area contributed by atoms with Gasteiger partial charge in [0.15, 0.2) is 0 Å². The van der Waals surface area contributed by atoms with Crippen LogP contribution in [0.15, 0.2) is 6.20 Å². The average molecular weight is 208 g/mol. The van der Waals surface area contributed by atoms with Gasteiger partial charge in [0.1, 0.15) is 5.82 Å². The summed E-state index contributed by atoms with van der Waals surface area (Å²) in [6.07, 6.45) is 2.59. The van der Waals surface area contributed by atoms with Gasteiger partial charge in [0.25, 0.3) is 0 Å². The molecule has 2 unspecified atom stereocenters. The number of nitrogens with zero attached hydrogens (tertiary/aromatic N) is 1. The molecule has 82 valence electrons. The molecule has 1 aliphatic rings. The lowest BCUT2D eigenvalue weighted by Crippen LogP contribution is -2.54. The van der Waals surface area contributed by atoms with E-state index < -0.39 is 0 Å². The number of aromatic amines is 1. The molecular weight excluding hydrogens is 192 g/mol. The van der Waals surface area contributed by atoms with E-state index in [1.165, 1.54) is 0 Å². The van der Waals surface area contributed by atoms with E-state index in [-0.39, 0.29) is 18.0 Å². The standard InChI is InChI=1S/C10H16N4O/c1-3-7-10(15)12-5-8(14-7)9-11-4-6(2)13-9/h4,7-8,14H,3,5H2,1-2H3,(H,11,13)(H,12,15). The van der Waals surface area contributed by atoms with Crippen molar-refractivity contribution in [3.8, 4) is 0 Å². The number of amides is 1. The summed E-state index contributed by atoms with van der Waals surface area (Å²) in [5, 5.41) is 6.16. The number of nitrogens with one attached hydrogen (secondary N) is 3. The molecule has 0 aliphatic carbocycles. The molecule has 0 aromatic carbocycles. The Morgan fingerprint density at radius 1 is 1.60 bits per heavy atom. The molecule has 2 atom stereocenters. The van der Waals surface area contributed by atoms with Crippen LogP contribution in [0.1, 0.15) is 30.9 Å². The molecule has 2 heterocycles. The number of hydrogen-bond donors (Lipinski definition) is 3. The highest BCUT2D eigenvalue weighted by Crippen LogP contribution is 2.13. The van der Waals surface area contributed by atoms with E-state index in [9.17, 15) is 4.79 Å². The lowest BCUT2D eigenvalue weighted by atomic mass is 10.1. The van der Waals surface area contributed by atoms with Gasteiger partial charge in [-0.05, 0) is 13.3 Å². The van der Waals surface area contributed by atoms with Crippen molar-refractivity contribution in [1.29, 1.82) is 0 Å². The molecule has 3 N–H and O–H groups in total. The Morgan fingerprint density at radius 3 is 3.00 bits per heavy atom. The van der Waals surface area contributed by atoms with E-state index in [0.29, 0.717) is 6.54 Å². The number of piperazine rings is 1. The number of hydrogen-bond acceptors (Lipinski definition) is 3. The Morgan fingerprint density at radius 2 is 2.40 bits per heavy atom. The molecule has 1 aliphatic heterocycles. The maximum atomic E-state index is 11.4. The minimum atomic E-state index is -0.103. The summed E-state index contributed by atoms with van der Waals surface area (Å²) in [4.78, 5) is 18.8. The van der Waals surface area contributed by atoms with Crippen molar-refractivity contribution >= 4 is 5.91 Å².